The number of rotatable bonds is 6. The van der Waals surface area contributed by atoms with Crippen LogP contribution in [0.2, 0.25) is 0 Å². The molecule has 0 aromatic heterocycles. The number of halogens is 1. The van der Waals surface area contributed by atoms with Crippen molar-refractivity contribution in [2.75, 3.05) is 19.7 Å². The maximum Gasteiger partial charge on any atom is 0.123 e. The van der Waals surface area contributed by atoms with E-state index in [1.807, 2.05) is 18.2 Å². The van der Waals surface area contributed by atoms with E-state index in [0.29, 0.717) is 6.61 Å². The maximum absolute atomic E-state index is 13.5. The summed E-state index contributed by atoms with van der Waals surface area (Å²) in [6.07, 6.45) is 3.01. The van der Waals surface area contributed by atoms with E-state index in [4.69, 9.17) is 4.74 Å². The maximum atomic E-state index is 13.5. The Kier molecular flexibility index (Phi) is 6.83. The second kappa shape index (κ2) is 10.5. The second-order valence-corrected chi connectivity index (χ2v) is 8.63. The van der Waals surface area contributed by atoms with Gasteiger partial charge >= 0.3 is 0 Å². The van der Waals surface area contributed by atoms with Crippen molar-refractivity contribution in [3.63, 3.8) is 0 Å². The Bertz CT molecular complexity index is 1260. The van der Waals surface area contributed by atoms with Crippen molar-refractivity contribution in [1.82, 2.24) is 4.90 Å². The fourth-order valence-electron chi connectivity index (χ4n) is 4.53. The molecule has 1 aliphatic rings. The monoisotopic (exact) mass is 449 g/mol. The molecule has 1 aliphatic heterocycles. The largest absolute Gasteiger partial charge is 0.496 e. The molecule has 0 unspecified atom stereocenters. The summed E-state index contributed by atoms with van der Waals surface area (Å²) in [6.45, 7) is 3.41. The predicted molar refractivity (Wildman–Crippen MR) is 137 cm³/mol. The Labute approximate surface area is 201 Å². The minimum absolute atomic E-state index is 0.220. The molecule has 34 heavy (non-hydrogen) atoms. The summed E-state index contributed by atoms with van der Waals surface area (Å²) in [6, 6.07) is 34.1. The van der Waals surface area contributed by atoms with Gasteiger partial charge in [0.05, 0.1) is 6.54 Å². The van der Waals surface area contributed by atoms with Crippen molar-refractivity contribution in [3.8, 4) is 22.3 Å². The predicted octanol–water partition coefficient (Wildman–Crippen LogP) is 7.12. The molecule has 0 amide bonds. The number of morpholine rings is 1. The summed E-state index contributed by atoms with van der Waals surface area (Å²) < 4.78 is 19.5. The summed E-state index contributed by atoms with van der Waals surface area (Å²) in [4.78, 5) is 2.43. The molecule has 1 fully saturated rings. The minimum Gasteiger partial charge on any atom is -0.496 e. The van der Waals surface area contributed by atoms with Crippen LogP contribution in [0.4, 0.5) is 4.39 Å². The molecule has 0 aliphatic carbocycles. The van der Waals surface area contributed by atoms with Gasteiger partial charge in [0, 0.05) is 13.1 Å². The first-order valence-electron chi connectivity index (χ1n) is 11.8. The quantitative estimate of drug-likeness (QED) is 0.311. The van der Waals surface area contributed by atoms with E-state index in [1.54, 1.807) is 0 Å². The highest BCUT2D eigenvalue weighted by atomic mass is 19.1. The van der Waals surface area contributed by atoms with Crippen molar-refractivity contribution < 1.29 is 9.13 Å². The summed E-state index contributed by atoms with van der Waals surface area (Å²) in [5.74, 6) is 0.811. The van der Waals surface area contributed by atoms with Crippen LogP contribution >= 0.6 is 0 Å². The molecule has 0 radical (unpaired) electrons. The number of benzene rings is 4. The number of allylic oxidation sites excluding steroid dienone is 1. The fraction of sp³-hybridized carbons (Fsp3) is 0.161. The van der Waals surface area contributed by atoms with Crippen LogP contribution in [0.25, 0.3) is 22.3 Å². The topological polar surface area (TPSA) is 12.5 Å². The van der Waals surface area contributed by atoms with Crippen LogP contribution in [0.1, 0.15) is 11.1 Å². The number of ether oxygens (including phenoxy) is 1. The fourth-order valence-corrected chi connectivity index (χ4v) is 4.53. The van der Waals surface area contributed by atoms with Gasteiger partial charge in [0.25, 0.3) is 0 Å². The van der Waals surface area contributed by atoms with E-state index < -0.39 is 0 Å². The van der Waals surface area contributed by atoms with E-state index >= 15 is 0 Å². The smallest absolute Gasteiger partial charge is 0.123 e. The summed E-state index contributed by atoms with van der Waals surface area (Å²) in [5, 5.41) is 0. The molecule has 0 atom stereocenters. The number of nitrogens with zero attached hydrogens (tertiary/aromatic N) is 1. The summed E-state index contributed by atoms with van der Waals surface area (Å²) >= 11 is 0. The van der Waals surface area contributed by atoms with Gasteiger partial charge in [0.1, 0.15) is 18.2 Å². The number of hydrogen-bond donors (Lipinski definition) is 0. The third-order valence-electron chi connectivity index (χ3n) is 6.26. The van der Waals surface area contributed by atoms with Crippen LogP contribution in [0.15, 0.2) is 115 Å². The molecule has 3 heteroatoms. The van der Waals surface area contributed by atoms with Gasteiger partial charge < -0.3 is 4.74 Å². The van der Waals surface area contributed by atoms with Crippen LogP contribution in [0, 0.1) is 5.82 Å². The molecule has 1 heterocycles. The van der Waals surface area contributed by atoms with Crippen LogP contribution in [0.3, 0.4) is 0 Å². The molecule has 0 spiro atoms. The van der Waals surface area contributed by atoms with Crippen LogP contribution in [0.5, 0.6) is 0 Å². The SMILES string of the molecule is Fc1ccc(-c2ccccc2-c2ccccc2CC=C2CN(Cc3ccccc3)CCO2)cc1. The Morgan fingerprint density at radius 2 is 1.41 bits per heavy atom. The molecule has 4 aromatic carbocycles. The number of hydrogen-bond acceptors (Lipinski definition) is 2. The molecule has 0 N–H and O–H groups in total. The first kappa shape index (κ1) is 22.1. The molecule has 4 aromatic rings. The Morgan fingerprint density at radius 1 is 0.735 bits per heavy atom. The lowest BCUT2D eigenvalue weighted by Gasteiger charge is -2.29. The normalized spacial score (nSPS) is 15.3. The van der Waals surface area contributed by atoms with Gasteiger partial charge in [-0.2, -0.15) is 0 Å². The molecular formula is C31H28FNO. The highest BCUT2D eigenvalue weighted by molar-refractivity contribution is 5.84. The Hall–Kier alpha value is -3.69. The van der Waals surface area contributed by atoms with Gasteiger partial charge in [-0.1, -0.05) is 91.0 Å². The molecular weight excluding hydrogens is 421 g/mol. The first-order valence-corrected chi connectivity index (χ1v) is 11.8. The lowest BCUT2D eigenvalue weighted by Crippen LogP contribution is -2.34. The molecule has 2 nitrogen and oxygen atoms in total. The van der Waals surface area contributed by atoms with Gasteiger partial charge in [-0.15, -0.1) is 0 Å². The minimum atomic E-state index is -0.220. The highest BCUT2D eigenvalue weighted by Gasteiger charge is 2.16. The van der Waals surface area contributed by atoms with Crippen molar-refractivity contribution in [2.24, 2.45) is 0 Å². The van der Waals surface area contributed by atoms with Gasteiger partial charge in [-0.25, -0.2) is 4.39 Å². The molecule has 1 saturated heterocycles. The third kappa shape index (κ3) is 5.27. The Balaban J connectivity index is 1.37. The first-order chi connectivity index (χ1) is 16.8. The van der Waals surface area contributed by atoms with Gasteiger partial charge in [0.15, 0.2) is 0 Å². The molecule has 0 saturated carbocycles. The lowest BCUT2D eigenvalue weighted by atomic mass is 9.91. The Morgan fingerprint density at radius 3 is 2.21 bits per heavy atom. The van der Waals surface area contributed by atoms with Crippen LogP contribution in [-0.4, -0.2) is 24.6 Å². The van der Waals surface area contributed by atoms with Crippen molar-refractivity contribution in [2.45, 2.75) is 13.0 Å². The van der Waals surface area contributed by atoms with Crippen molar-refractivity contribution in [1.29, 1.82) is 0 Å². The average molecular weight is 450 g/mol. The highest BCUT2D eigenvalue weighted by Crippen LogP contribution is 2.34. The summed E-state index contributed by atoms with van der Waals surface area (Å²) in [5.41, 5.74) is 7.03. The standard InChI is InChI=1S/C31H28FNO/c32-27-17-14-26(15-18-27)30-12-6-7-13-31(30)29-11-5-4-10-25(29)16-19-28-23-33(20-21-34-28)22-24-8-2-1-3-9-24/h1-15,17-19H,16,20-23H2. The second-order valence-electron chi connectivity index (χ2n) is 8.63. The van der Waals surface area contributed by atoms with Crippen LogP contribution < -0.4 is 0 Å². The zero-order valence-electron chi connectivity index (χ0n) is 19.2. The van der Waals surface area contributed by atoms with Crippen molar-refractivity contribution >= 4 is 0 Å². The lowest BCUT2D eigenvalue weighted by molar-refractivity contribution is 0.0889. The third-order valence-corrected chi connectivity index (χ3v) is 6.26. The molecule has 5 rings (SSSR count). The van der Waals surface area contributed by atoms with Gasteiger partial charge in [-0.05, 0) is 58.0 Å². The molecule has 0 bridgehead atoms. The van der Waals surface area contributed by atoms with Gasteiger partial charge in [-0.3, -0.25) is 4.90 Å². The average Bonchev–Trinajstić information content (AvgIpc) is 2.89. The van der Waals surface area contributed by atoms with Gasteiger partial charge in [0.2, 0.25) is 0 Å². The van der Waals surface area contributed by atoms with E-state index in [1.165, 1.54) is 28.8 Å². The van der Waals surface area contributed by atoms with Crippen LogP contribution in [-0.2, 0) is 17.7 Å². The zero-order chi connectivity index (χ0) is 23.2. The molecule has 170 valence electrons. The van der Waals surface area contributed by atoms with Crippen molar-refractivity contribution in [3.05, 3.63) is 132 Å². The zero-order valence-corrected chi connectivity index (χ0v) is 19.2. The van der Waals surface area contributed by atoms with E-state index in [9.17, 15) is 4.39 Å². The van der Waals surface area contributed by atoms with E-state index in [0.717, 1.165) is 48.5 Å². The van der Waals surface area contributed by atoms with E-state index in [-0.39, 0.29) is 5.82 Å². The summed E-state index contributed by atoms with van der Waals surface area (Å²) in [7, 11) is 0. The van der Waals surface area contributed by atoms with E-state index in [2.05, 4.69) is 83.8 Å².